The van der Waals surface area contributed by atoms with Crippen molar-refractivity contribution in [2.75, 3.05) is 19.0 Å². The van der Waals surface area contributed by atoms with Crippen LogP contribution in [-0.2, 0) is 0 Å². The molecule has 0 saturated heterocycles. The van der Waals surface area contributed by atoms with Gasteiger partial charge in [-0.1, -0.05) is 12.1 Å². The van der Waals surface area contributed by atoms with E-state index < -0.39 is 5.91 Å². The van der Waals surface area contributed by atoms with Crippen LogP contribution in [0.15, 0.2) is 24.3 Å². The highest BCUT2D eigenvalue weighted by Gasteiger charge is 2.14. The number of aromatic amines is 1. The van der Waals surface area contributed by atoms with Crippen molar-refractivity contribution in [2.24, 2.45) is 5.73 Å². The number of nitrogens with one attached hydrogen (secondary N) is 1. The first kappa shape index (κ1) is 11.1. The maximum Gasteiger partial charge on any atom is 0.271 e. The van der Waals surface area contributed by atoms with E-state index in [9.17, 15) is 4.79 Å². The summed E-state index contributed by atoms with van der Waals surface area (Å²) in [5.74, 6) is -0.592. The first-order valence-corrected chi connectivity index (χ1v) is 5.08. The van der Waals surface area contributed by atoms with Crippen molar-refractivity contribution >= 4 is 11.6 Å². The Hall–Kier alpha value is -2.37. The number of amides is 1. The van der Waals surface area contributed by atoms with Gasteiger partial charge in [0.15, 0.2) is 5.69 Å². The lowest BCUT2D eigenvalue weighted by Gasteiger charge is -2.12. The Morgan fingerprint density at radius 1 is 1.24 bits per heavy atom. The minimum absolute atomic E-state index is 0.155. The molecule has 0 atom stereocenters. The molecule has 3 N–H and O–H groups in total. The van der Waals surface area contributed by atoms with Gasteiger partial charge in [-0.15, -0.1) is 0 Å². The van der Waals surface area contributed by atoms with Crippen LogP contribution in [0.2, 0.25) is 0 Å². The molecule has 1 aromatic heterocycles. The van der Waals surface area contributed by atoms with Gasteiger partial charge in [0.2, 0.25) is 0 Å². The van der Waals surface area contributed by atoms with Gasteiger partial charge < -0.3 is 10.6 Å². The summed E-state index contributed by atoms with van der Waals surface area (Å²) in [5.41, 5.74) is 7.71. The number of H-pyrrole nitrogens is 1. The molecule has 0 aliphatic heterocycles. The number of nitrogens with zero attached hydrogens (tertiary/aromatic N) is 3. The molecular weight excluding hydrogens is 218 g/mol. The summed E-state index contributed by atoms with van der Waals surface area (Å²) in [6.07, 6.45) is 0. The molecule has 0 radical (unpaired) electrons. The van der Waals surface area contributed by atoms with E-state index in [0.717, 1.165) is 11.3 Å². The normalized spacial score (nSPS) is 10.2. The molecule has 6 nitrogen and oxygen atoms in total. The first-order valence-electron chi connectivity index (χ1n) is 5.08. The van der Waals surface area contributed by atoms with Crippen LogP contribution in [0.5, 0.6) is 0 Å². The van der Waals surface area contributed by atoms with E-state index in [1.165, 1.54) is 0 Å². The Balaban J connectivity index is 2.40. The minimum atomic E-state index is -0.592. The molecule has 0 aliphatic rings. The van der Waals surface area contributed by atoms with Crippen LogP contribution in [0.4, 0.5) is 5.69 Å². The molecule has 0 unspecified atom stereocenters. The fraction of sp³-hybridized carbons (Fsp3) is 0.182. The maximum absolute atomic E-state index is 11.1. The molecular formula is C11H13N5O. The van der Waals surface area contributed by atoms with Gasteiger partial charge in [0.25, 0.3) is 5.91 Å². The zero-order valence-corrected chi connectivity index (χ0v) is 9.64. The highest BCUT2D eigenvalue weighted by atomic mass is 16.1. The van der Waals surface area contributed by atoms with Crippen LogP contribution in [-0.4, -0.2) is 35.4 Å². The molecule has 2 aromatic rings. The maximum atomic E-state index is 11.1. The number of aromatic nitrogens is 3. The fourth-order valence-electron chi connectivity index (χ4n) is 1.52. The Morgan fingerprint density at radius 2 is 1.88 bits per heavy atom. The smallest absolute Gasteiger partial charge is 0.271 e. The average Bonchev–Trinajstić information content (AvgIpc) is 2.78. The molecule has 0 saturated carbocycles. The molecule has 2 rings (SSSR count). The van der Waals surface area contributed by atoms with E-state index in [1.807, 2.05) is 43.3 Å². The molecule has 0 bridgehead atoms. The van der Waals surface area contributed by atoms with Crippen molar-refractivity contribution < 1.29 is 4.79 Å². The van der Waals surface area contributed by atoms with E-state index in [0.29, 0.717) is 5.69 Å². The number of hydrogen-bond donors (Lipinski definition) is 2. The van der Waals surface area contributed by atoms with Crippen molar-refractivity contribution in [2.45, 2.75) is 0 Å². The van der Waals surface area contributed by atoms with Gasteiger partial charge in [-0.3, -0.25) is 4.79 Å². The summed E-state index contributed by atoms with van der Waals surface area (Å²) in [6.45, 7) is 0. The average molecular weight is 231 g/mol. The van der Waals surface area contributed by atoms with Gasteiger partial charge in [0, 0.05) is 25.3 Å². The third-order valence-corrected chi connectivity index (χ3v) is 2.44. The zero-order valence-electron chi connectivity index (χ0n) is 9.64. The summed E-state index contributed by atoms with van der Waals surface area (Å²) < 4.78 is 0. The summed E-state index contributed by atoms with van der Waals surface area (Å²) in [6, 6.07) is 7.63. The molecule has 6 heteroatoms. The zero-order chi connectivity index (χ0) is 12.4. The highest BCUT2D eigenvalue weighted by Crippen LogP contribution is 2.22. The SMILES string of the molecule is CN(C)c1ccc(-c2n[nH]nc2C(N)=O)cc1. The van der Waals surface area contributed by atoms with Gasteiger partial charge in [-0.05, 0) is 12.1 Å². The van der Waals surface area contributed by atoms with Crippen molar-refractivity contribution in [3.63, 3.8) is 0 Å². The second kappa shape index (κ2) is 4.25. The molecule has 17 heavy (non-hydrogen) atoms. The largest absolute Gasteiger partial charge is 0.378 e. The second-order valence-electron chi connectivity index (χ2n) is 3.83. The molecule has 0 fully saturated rings. The molecule has 88 valence electrons. The minimum Gasteiger partial charge on any atom is -0.378 e. The fourth-order valence-corrected chi connectivity index (χ4v) is 1.52. The third kappa shape index (κ3) is 2.10. The predicted octanol–water partition coefficient (Wildman–Crippen LogP) is 0.637. The summed E-state index contributed by atoms with van der Waals surface area (Å²) >= 11 is 0. The summed E-state index contributed by atoms with van der Waals surface area (Å²) in [4.78, 5) is 13.1. The number of hydrogen-bond acceptors (Lipinski definition) is 4. The van der Waals surface area contributed by atoms with Gasteiger partial charge in [-0.25, -0.2) is 0 Å². The number of rotatable bonds is 3. The Labute approximate surface area is 98.4 Å². The van der Waals surface area contributed by atoms with Gasteiger partial charge >= 0.3 is 0 Å². The van der Waals surface area contributed by atoms with E-state index >= 15 is 0 Å². The molecule has 0 aliphatic carbocycles. The van der Waals surface area contributed by atoms with Crippen LogP contribution in [0.25, 0.3) is 11.3 Å². The Kier molecular flexibility index (Phi) is 2.78. The quantitative estimate of drug-likeness (QED) is 0.811. The first-order chi connectivity index (χ1) is 8.09. The Bertz CT molecular complexity index is 529. The summed E-state index contributed by atoms with van der Waals surface area (Å²) in [7, 11) is 3.92. The predicted molar refractivity (Wildman–Crippen MR) is 64.7 cm³/mol. The van der Waals surface area contributed by atoms with Gasteiger partial charge in [0.1, 0.15) is 5.69 Å². The second-order valence-corrected chi connectivity index (χ2v) is 3.83. The van der Waals surface area contributed by atoms with Gasteiger partial charge in [-0.2, -0.15) is 15.4 Å². The van der Waals surface area contributed by atoms with Crippen molar-refractivity contribution in [1.29, 1.82) is 0 Å². The van der Waals surface area contributed by atoms with Crippen molar-refractivity contribution in [3.05, 3.63) is 30.0 Å². The monoisotopic (exact) mass is 231 g/mol. The summed E-state index contributed by atoms with van der Waals surface area (Å²) in [5, 5.41) is 10.1. The standard InChI is InChI=1S/C11H13N5O/c1-16(2)8-5-3-7(4-6-8)9-10(11(12)17)14-15-13-9/h3-6H,1-2H3,(H2,12,17)(H,13,14,15). The van der Waals surface area contributed by atoms with Gasteiger partial charge in [0.05, 0.1) is 0 Å². The topological polar surface area (TPSA) is 87.9 Å². The third-order valence-electron chi connectivity index (χ3n) is 2.44. The van der Waals surface area contributed by atoms with Crippen LogP contribution < -0.4 is 10.6 Å². The van der Waals surface area contributed by atoms with E-state index in [2.05, 4.69) is 15.4 Å². The number of anilines is 1. The molecule has 1 aromatic carbocycles. The van der Waals surface area contributed by atoms with Crippen LogP contribution in [0, 0.1) is 0 Å². The van der Waals surface area contributed by atoms with Crippen LogP contribution >= 0.6 is 0 Å². The lowest BCUT2D eigenvalue weighted by atomic mass is 10.1. The van der Waals surface area contributed by atoms with E-state index in [-0.39, 0.29) is 5.69 Å². The number of carbonyl (C=O) groups excluding carboxylic acids is 1. The number of benzene rings is 1. The molecule has 1 amide bonds. The van der Waals surface area contributed by atoms with Crippen molar-refractivity contribution in [3.8, 4) is 11.3 Å². The molecule has 0 spiro atoms. The number of carbonyl (C=O) groups is 1. The van der Waals surface area contributed by atoms with Crippen LogP contribution in [0.3, 0.4) is 0 Å². The highest BCUT2D eigenvalue weighted by molar-refractivity contribution is 5.96. The Morgan fingerprint density at radius 3 is 2.41 bits per heavy atom. The van der Waals surface area contributed by atoms with Crippen molar-refractivity contribution in [1.82, 2.24) is 15.4 Å². The number of primary amides is 1. The lowest BCUT2D eigenvalue weighted by Crippen LogP contribution is -2.12. The number of nitrogens with two attached hydrogens (primary N) is 1. The molecule has 1 heterocycles. The lowest BCUT2D eigenvalue weighted by molar-refractivity contribution is 0.0996. The van der Waals surface area contributed by atoms with E-state index in [4.69, 9.17) is 5.73 Å². The van der Waals surface area contributed by atoms with E-state index in [1.54, 1.807) is 0 Å². The van der Waals surface area contributed by atoms with Crippen LogP contribution in [0.1, 0.15) is 10.5 Å².